The van der Waals surface area contributed by atoms with Crippen molar-refractivity contribution in [1.82, 2.24) is 9.88 Å². The first-order chi connectivity index (χ1) is 9.81. The van der Waals surface area contributed by atoms with E-state index in [0.717, 1.165) is 18.1 Å². The molecule has 2 aromatic heterocycles. The third kappa shape index (κ3) is 3.49. The third-order valence-corrected chi connectivity index (χ3v) is 5.02. The summed E-state index contributed by atoms with van der Waals surface area (Å²) in [5.41, 5.74) is 1.07. The Hall–Kier alpha value is -1.13. The van der Waals surface area contributed by atoms with Crippen molar-refractivity contribution in [2.24, 2.45) is 0 Å². The molecule has 1 saturated heterocycles. The maximum absolute atomic E-state index is 5.32. The van der Waals surface area contributed by atoms with Crippen LogP contribution in [-0.4, -0.2) is 22.5 Å². The molecule has 0 spiro atoms. The molecule has 0 amide bonds. The van der Waals surface area contributed by atoms with Crippen molar-refractivity contribution in [3.63, 3.8) is 0 Å². The Kier molecular flexibility index (Phi) is 4.53. The van der Waals surface area contributed by atoms with Crippen molar-refractivity contribution in [2.45, 2.75) is 51.6 Å². The standard InChI is InChI=1S/C16H22N2OS/c1-13-17-14(12-19-13)11-18-9-3-2-5-15(18)7-8-16-6-4-10-20-16/h4,6,10,12,15H,2-3,5,7-9,11H2,1H3/t15-/m1/s1. The van der Waals surface area contributed by atoms with Gasteiger partial charge in [0.2, 0.25) is 0 Å². The van der Waals surface area contributed by atoms with E-state index in [1.807, 2.05) is 18.3 Å². The fourth-order valence-electron chi connectivity index (χ4n) is 3.05. The number of oxazole rings is 1. The van der Waals surface area contributed by atoms with E-state index in [4.69, 9.17) is 4.42 Å². The lowest BCUT2D eigenvalue weighted by Crippen LogP contribution is -2.39. The van der Waals surface area contributed by atoms with Gasteiger partial charge in [0.05, 0.1) is 5.69 Å². The van der Waals surface area contributed by atoms with Crippen LogP contribution in [0.3, 0.4) is 0 Å². The summed E-state index contributed by atoms with van der Waals surface area (Å²) in [6, 6.07) is 5.10. The lowest BCUT2D eigenvalue weighted by atomic mass is 9.97. The minimum atomic E-state index is 0.697. The van der Waals surface area contributed by atoms with Gasteiger partial charge in [0, 0.05) is 24.4 Å². The smallest absolute Gasteiger partial charge is 0.191 e. The molecular weight excluding hydrogens is 268 g/mol. The topological polar surface area (TPSA) is 29.3 Å². The van der Waals surface area contributed by atoms with E-state index >= 15 is 0 Å². The van der Waals surface area contributed by atoms with Gasteiger partial charge < -0.3 is 4.42 Å². The summed E-state index contributed by atoms with van der Waals surface area (Å²) in [5, 5.41) is 2.17. The number of piperidine rings is 1. The second kappa shape index (κ2) is 6.55. The highest BCUT2D eigenvalue weighted by Gasteiger charge is 2.23. The maximum atomic E-state index is 5.32. The van der Waals surface area contributed by atoms with Crippen LogP contribution in [0.1, 0.15) is 42.1 Å². The number of likely N-dealkylation sites (tertiary alicyclic amines) is 1. The molecule has 0 unspecified atom stereocenters. The van der Waals surface area contributed by atoms with Crippen LogP contribution in [0.25, 0.3) is 0 Å². The summed E-state index contributed by atoms with van der Waals surface area (Å²) in [5.74, 6) is 0.771. The molecule has 108 valence electrons. The fraction of sp³-hybridized carbons (Fsp3) is 0.562. The summed E-state index contributed by atoms with van der Waals surface area (Å²) < 4.78 is 5.32. The van der Waals surface area contributed by atoms with Crippen LogP contribution in [0, 0.1) is 6.92 Å². The van der Waals surface area contributed by atoms with Crippen molar-refractivity contribution in [1.29, 1.82) is 0 Å². The summed E-state index contributed by atoms with van der Waals surface area (Å²) in [7, 11) is 0. The van der Waals surface area contributed by atoms with E-state index in [2.05, 4.69) is 27.4 Å². The molecule has 0 bridgehead atoms. The first-order valence-corrected chi connectivity index (χ1v) is 8.36. The number of aromatic nitrogens is 1. The third-order valence-electron chi connectivity index (χ3n) is 4.08. The average Bonchev–Trinajstić information content (AvgIpc) is 3.10. The van der Waals surface area contributed by atoms with Crippen molar-refractivity contribution >= 4 is 11.3 Å². The zero-order chi connectivity index (χ0) is 13.8. The molecular formula is C16H22N2OS. The minimum absolute atomic E-state index is 0.697. The van der Waals surface area contributed by atoms with Gasteiger partial charge >= 0.3 is 0 Å². The molecule has 1 aliphatic rings. The number of thiophene rings is 1. The summed E-state index contributed by atoms with van der Waals surface area (Å²) >= 11 is 1.87. The molecule has 1 aliphatic heterocycles. The van der Waals surface area contributed by atoms with Gasteiger partial charge in [-0.3, -0.25) is 4.90 Å². The largest absolute Gasteiger partial charge is 0.449 e. The Bertz CT molecular complexity index is 520. The summed E-state index contributed by atoms with van der Waals surface area (Å²) in [6.07, 6.45) is 8.27. The number of hydrogen-bond donors (Lipinski definition) is 0. The van der Waals surface area contributed by atoms with E-state index < -0.39 is 0 Å². The van der Waals surface area contributed by atoms with Crippen LogP contribution < -0.4 is 0 Å². The van der Waals surface area contributed by atoms with Gasteiger partial charge in [-0.1, -0.05) is 12.5 Å². The molecule has 3 nitrogen and oxygen atoms in total. The van der Waals surface area contributed by atoms with E-state index in [9.17, 15) is 0 Å². The van der Waals surface area contributed by atoms with Gasteiger partial charge in [-0.15, -0.1) is 11.3 Å². The van der Waals surface area contributed by atoms with Crippen LogP contribution >= 0.6 is 11.3 Å². The van der Waals surface area contributed by atoms with Crippen LogP contribution in [0.5, 0.6) is 0 Å². The Labute approximate surface area is 124 Å². The SMILES string of the molecule is Cc1nc(CN2CCCC[C@@H]2CCc2cccs2)co1. The Morgan fingerprint density at radius 2 is 2.40 bits per heavy atom. The lowest BCUT2D eigenvalue weighted by molar-refractivity contribution is 0.131. The van der Waals surface area contributed by atoms with Gasteiger partial charge in [-0.05, 0) is 43.7 Å². The molecule has 0 aliphatic carbocycles. The Morgan fingerprint density at radius 3 is 3.15 bits per heavy atom. The number of hydrogen-bond acceptors (Lipinski definition) is 4. The van der Waals surface area contributed by atoms with Crippen molar-refractivity contribution < 1.29 is 4.42 Å². The maximum Gasteiger partial charge on any atom is 0.191 e. The van der Waals surface area contributed by atoms with Gasteiger partial charge in [0.15, 0.2) is 5.89 Å². The first-order valence-electron chi connectivity index (χ1n) is 7.49. The molecule has 0 radical (unpaired) electrons. The van der Waals surface area contributed by atoms with Crippen LogP contribution in [0.15, 0.2) is 28.2 Å². The van der Waals surface area contributed by atoms with Gasteiger partial charge in [-0.2, -0.15) is 0 Å². The highest BCUT2D eigenvalue weighted by molar-refractivity contribution is 7.09. The van der Waals surface area contributed by atoms with Crippen LogP contribution in [0.4, 0.5) is 0 Å². The minimum Gasteiger partial charge on any atom is -0.449 e. The predicted octanol–water partition coefficient (Wildman–Crippen LogP) is 4.03. The Balaban J connectivity index is 1.58. The zero-order valence-corrected chi connectivity index (χ0v) is 12.9. The highest BCUT2D eigenvalue weighted by atomic mass is 32.1. The average molecular weight is 290 g/mol. The molecule has 4 heteroatoms. The van der Waals surface area contributed by atoms with Crippen molar-refractivity contribution in [3.8, 4) is 0 Å². The molecule has 1 atom stereocenters. The van der Waals surface area contributed by atoms with Crippen LogP contribution in [-0.2, 0) is 13.0 Å². The zero-order valence-electron chi connectivity index (χ0n) is 12.0. The first kappa shape index (κ1) is 13.8. The quantitative estimate of drug-likeness (QED) is 0.832. The fourth-order valence-corrected chi connectivity index (χ4v) is 3.77. The number of rotatable bonds is 5. The number of nitrogens with zero attached hydrogens (tertiary/aromatic N) is 2. The van der Waals surface area contributed by atoms with E-state index in [0.29, 0.717) is 6.04 Å². The van der Waals surface area contributed by atoms with Crippen LogP contribution in [0.2, 0.25) is 0 Å². The Morgan fingerprint density at radius 1 is 1.45 bits per heavy atom. The summed E-state index contributed by atoms with van der Waals surface area (Å²) in [4.78, 5) is 8.54. The van der Waals surface area contributed by atoms with Gasteiger partial charge in [-0.25, -0.2) is 4.98 Å². The summed E-state index contributed by atoms with van der Waals surface area (Å²) in [6.45, 7) is 4.04. The lowest BCUT2D eigenvalue weighted by Gasteiger charge is -2.35. The monoisotopic (exact) mass is 290 g/mol. The van der Waals surface area contributed by atoms with E-state index in [1.165, 1.54) is 43.5 Å². The molecule has 2 aromatic rings. The molecule has 0 saturated carbocycles. The van der Waals surface area contributed by atoms with Gasteiger partial charge in [0.25, 0.3) is 0 Å². The van der Waals surface area contributed by atoms with Crippen molar-refractivity contribution in [2.75, 3.05) is 6.54 Å². The predicted molar refractivity (Wildman–Crippen MR) is 81.9 cm³/mol. The van der Waals surface area contributed by atoms with Gasteiger partial charge in [0.1, 0.15) is 6.26 Å². The molecule has 0 N–H and O–H groups in total. The second-order valence-electron chi connectivity index (χ2n) is 5.60. The van der Waals surface area contributed by atoms with E-state index in [1.54, 1.807) is 6.26 Å². The number of aryl methyl sites for hydroxylation is 2. The molecule has 0 aromatic carbocycles. The molecule has 1 fully saturated rings. The van der Waals surface area contributed by atoms with E-state index in [-0.39, 0.29) is 0 Å². The normalized spacial score (nSPS) is 20.4. The molecule has 20 heavy (non-hydrogen) atoms. The molecule has 3 heterocycles. The highest BCUT2D eigenvalue weighted by Crippen LogP contribution is 2.24. The second-order valence-corrected chi connectivity index (χ2v) is 6.63. The molecule has 3 rings (SSSR count). The van der Waals surface area contributed by atoms with Crippen molar-refractivity contribution in [3.05, 3.63) is 40.2 Å².